The van der Waals surface area contributed by atoms with Crippen molar-refractivity contribution in [3.63, 3.8) is 0 Å². The first-order valence-corrected chi connectivity index (χ1v) is 7.93. The second kappa shape index (κ2) is 5.94. The van der Waals surface area contributed by atoms with E-state index in [1.807, 2.05) is 29.8 Å². The van der Waals surface area contributed by atoms with Gasteiger partial charge in [0.15, 0.2) is 11.6 Å². The summed E-state index contributed by atoms with van der Waals surface area (Å²) in [5.74, 6) is 2.16. The molecule has 4 aromatic rings. The van der Waals surface area contributed by atoms with Crippen molar-refractivity contribution in [3.05, 3.63) is 75.3 Å². The lowest BCUT2D eigenvalue weighted by Crippen LogP contribution is -2.31. The van der Waals surface area contributed by atoms with Gasteiger partial charge in [-0.3, -0.25) is 14.7 Å². The van der Waals surface area contributed by atoms with E-state index in [9.17, 15) is 9.59 Å². The van der Waals surface area contributed by atoms with Crippen molar-refractivity contribution >= 4 is 10.8 Å². The second-order valence-corrected chi connectivity index (χ2v) is 5.80. The fourth-order valence-electron chi connectivity index (χ4n) is 2.88. The minimum atomic E-state index is -0.275. The van der Waals surface area contributed by atoms with E-state index >= 15 is 0 Å². The van der Waals surface area contributed by atoms with Crippen molar-refractivity contribution in [2.75, 3.05) is 0 Å². The number of nitrogens with one attached hydrogen (secondary N) is 1. The molecule has 0 amide bonds. The van der Waals surface area contributed by atoms with Gasteiger partial charge in [-0.2, -0.15) is 0 Å². The van der Waals surface area contributed by atoms with E-state index < -0.39 is 0 Å². The van der Waals surface area contributed by atoms with Crippen LogP contribution in [0.4, 0.5) is 0 Å². The van der Waals surface area contributed by atoms with Gasteiger partial charge in [-0.25, -0.2) is 9.67 Å². The number of aryl methyl sites for hydroxylation is 3. The van der Waals surface area contributed by atoms with E-state index in [2.05, 4.69) is 10.1 Å². The first-order valence-electron chi connectivity index (χ1n) is 7.93. The van der Waals surface area contributed by atoms with Crippen LogP contribution in [0.3, 0.4) is 0 Å². The van der Waals surface area contributed by atoms with Gasteiger partial charge in [0.05, 0.1) is 17.3 Å². The Morgan fingerprint density at radius 2 is 1.88 bits per heavy atom. The van der Waals surface area contributed by atoms with Crippen LogP contribution in [0.1, 0.15) is 5.76 Å². The summed E-state index contributed by atoms with van der Waals surface area (Å²) in [7, 11) is 0. The third-order valence-corrected chi connectivity index (χ3v) is 4.12. The number of hydrogen-bond acceptors (Lipinski definition) is 4. The van der Waals surface area contributed by atoms with Crippen LogP contribution in [0.15, 0.2) is 62.8 Å². The largest absolute Gasteiger partial charge is 0.458 e. The van der Waals surface area contributed by atoms with Crippen molar-refractivity contribution in [1.29, 1.82) is 0 Å². The van der Waals surface area contributed by atoms with E-state index in [4.69, 9.17) is 4.42 Å². The summed E-state index contributed by atoms with van der Waals surface area (Å²) in [5, 5.41) is 3.45. The molecule has 0 aliphatic carbocycles. The molecule has 126 valence electrons. The number of imidazole rings is 1. The van der Waals surface area contributed by atoms with Gasteiger partial charge >= 0.3 is 0 Å². The zero-order valence-electron chi connectivity index (χ0n) is 13.6. The average Bonchev–Trinajstić information content (AvgIpc) is 3.25. The molecule has 4 rings (SSSR count). The molecule has 0 bridgehead atoms. The number of benzene rings is 1. The molecule has 0 spiro atoms. The van der Waals surface area contributed by atoms with E-state index in [0.29, 0.717) is 35.4 Å². The maximum atomic E-state index is 12.5. The van der Waals surface area contributed by atoms with Crippen LogP contribution in [0, 0.1) is 6.92 Å². The lowest BCUT2D eigenvalue weighted by atomic mass is 10.2. The van der Waals surface area contributed by atoms with Gasteiger partial charge in [-0.05, 0) is 31.2 Å². The molecule has 0 fully saturated rings. The van der Waals surface area contributed by atoms with Crippen molar-refractivity contribution in [2.24, 2.45) is 0 Å². The summed E-state index contributed by atoms with van der Waals surface area (Å²) < 4.78 is 8.83. The molecule has 0 saturated heterocycles. The number of H-pyrrole nitrogens is 1. The highest BCUT2D eigenvalue weighted by Crippen LogP contribution is 2.20. The van der Waals surface area contributed by atoms with E-state index in [0.717, 1.165) is 5.76 Å². The van der Waals surface area contributed by atoms with E-state index in [-0.39, 0.29) is 11.1 Å². The van der Waals surface area contributed by atoms with Crippen LogP contribution in [-0.2, 0) is 13.1 Å². The Morgan fingerprint density at radius 3 is 2.64 bits per heavy atom. The van der Waals surface area contributed by atoms with Crippen LogP contribution in [0.5, 0.6) is 0 Å². The summed E-state index contributed by atoms with van der Waals surface area (Å²) in [6.45, 7) is 2.67. The topological polar surface area (TPSA) is 85.8 Å². The summed E-state index contributed by atoms with van der Waals surface area (Å²) in [5.41, 5.74) is -0.492. The molecule has 0 aliphatic rings. The quantitative estimate of drug-likeness (QED) is 0.619. The third-order valence-electron chi connectivity index (χ3n) is 4.12. The molecule has 7 heteroatoms. The van der Waals surface area contributed by atoms with E-state index in [1.54, 1.807) is 30.5 Å². The first-order chi connectivity index (χ1) is 12.1. The molecule has 7 nitrogen and oxygen atoms in total. The summed E-state index contributed by atoms with van der Waals surface area (Å²) in [6.07, 6.45) is 3.50. The summed E-state index contributed by atoms with van der Waals surface area (Å²) >= 11 is 0. The van der Waals surface area contributed by atoms with Crippen LogP contribution in [-0.4, -0.2) is 19.3 Å². The Labute approximate surface area is 142 Å². The minimum Gasteiger partial charge on any atom is -0.458 e. The molecule has 0 saturated carbocycles. The zero-order valence-corrected chi connectivity index (χ0v) is 13.6. The van der Waals surface area contributed by atoms with Crippen LogP contribution in [0.25, 0.3) is 22.4 Å². The molecular weight excluding hydrogens is 320 g/mol. The van der Waals surface area contributed by atoms with Crippen molar-refractivity contribution in [1.82, 2.24) is 19.3 Å². The Kier molecular flexibility index (Phi) is 3.61. The number of fused-ring (bicyclic) bond motifs is 1. The van der Waals surface area contributed by atoms with Crippen LogP contribution >= 0.6 is 0 Å². The SMILES string of the molecule is Cc1ccc(-c2nccn2CCn2[nH]c(=O)c3ccccc3c2=O)o1. The number of aromatic amines is 1. The predicted molar refractivity (Wildman–Crippen MR) is 93.5 cm³/mol. The number of rotatable bonds is 4. The molecule has 0 aliphatic heterocycles. The standard InChI is InChI=1S/C18H16N4O3/c1-12-6-7-15(25-12)16-19-8-9-21(16)10-11-22-18(24)14-5-3-2-4-13(14)17(23)20-22/h2-9H,10-11H2,1H3,(H,20,23). The van der Waals surface area contributed by atoms with Gasteiger partial charge in [-0.15, -0.1) is 0 Å². The maximum Gasteiger partial charge on any atom is 0.273 e. The number of aromatic nitrogens is 4. The lowest BCUT2D eigenvalue weighted by molar-refractivity contribution is 0.500. The zero-order chi connectivity index (χ0) is 17.4. The highest BCUT2D eigenvalue weighted by molar-refractivity contribution is 5.80. The fourth-order valence-corrected chi connectivity index (χ4v) is 2.88. The molecule has 1 N–H and O–H groups in total. The highest BCUT2D eigenvalue weighted by Gasteiger charge is 2.11. The summed E-state index contributed by atoms with van der Waals surface area (Å²) in [6, 6.07) is 10.5. The maximum absolute atomic E-state index is 12.5. The Morgan fingerprint density at radius 1 is 1.08 bits per heavy atom. The number of furan rings is 1. The van der Waals surface area contributed by atoms with Crippen LogP contribution < -0.4 is 11.1 Å². The Bertz CT molecular complexity index is 1160. The van der Waals surface area contributed by atoms with Gasteiger partial charge in [0.1, 0.15) is 5.76 Å². The Balaban J connectivity index is 1.66. The average molecular weight is 336 g/mol. The number of nitrogens with zero attached hydrogens (tertiary/aromatic N) is 3. The normalized spacial score (nSPS) is 11.2. The fraction of sp³-hybridized carbons (Fsp3) is 0.167. The van der Waals surface area contributed by atoms with Gasteiger partial charge in [0.2, 0.25) is 0 Å². The minimum absolute atomic E-state index is 0.217. The van der Waals surface area contributed by atoms with Gasteiger partial charge in [0.25, 0.3) is 11.1 Å². The summed E-state index contributed by atoms with van der Waals surface area (Å²) in [4.78, 5) is 29.0. The van der Waals surface area contributed by atoms with Gasteiger partial charge in [-0.1, -0.05) is 12.1 Å². The molecule has 0 radical (unpaired) electrons. The molecule has 1 aromatic carbocycles. The molecule has 3 aromatic heterocycles. The first kappa shape index (κ1) is 15.2. The Hall–Kier alpha value is -3.35. The lowest BCUT2D eigenvalue weighted by Gasteiger charge is -2.09. The second-order valence-electron chi connectivity index (χ2n) is 5.80. The van der Waals surface area contributed by atoms with Crippen molar-refractivity contribution in [3.8, 4) is 11.6 Å². The third kappa shape index (κ3) is 2.69. The van der Waals surface area contributed by atoms with Gasteiger partial charge < -0.3 is 8.98 Å². The number of hydrogen-bond donors (Lipinski definition) is 1. The molecule has 3 heterocycles. The monoisotopic (exact) mass is 336 g/mol. The molecule has 0 atom stereocenters. The van der Waals surface area contributed by atoms with Crippen molar-refractivity contribution < 1.29 is 4.42 Å². The van der Waals surface area contributed by atoms with Gasteiger partial charge in [0, 0.05) is 18.9 Å². The highest BCUT2D eigenvalue weighted by atomic mass is 16.3. The molecule has 25 heavy (non-hydrogen) atoms. The van der Waals surface area contributed by atoms with E-state index in [1.165, 1.54) is 4.68 Å². The smallest absolute Gasteiger partial charge is 0.273 e. The molecular formula is C18H16N4O3. The predicted octanol–water partition coefficient (Wildman–Crippen LogP) is 2.15. The van der Waals surface area contributed by atoms with Crippen LogP contribution in [0.2, 0.25) is 0 Å². The van der Waals surface area contributed by atoms with Crippen molar-refractivity contribution in [2.45, 2.75) is 20.0 Å². The molecule has 0 unspecified atom stereocenters.